The van der Waals surface area contributed by atoms with Crippen molar-refractivity contribution < 1.29 is 19.1 Å². The summed E-state index contributed by atoms with van der Waals surface area (Å²) in [6.07, 6.45) is 0. The van der Waals surface area contributed by atoms with Crippen LogP contribution in [0, 0.1) is 0 Å². The highest BCUT2D eigenvalue weighted by molar-refractivity contribution is 5.96. The average molecular weight is 368 g/mol. The zero-order chi connectivity index (χ0) is 19.4. The lowest BCUT2D eigenvalue weighted by molar-refractivity contribution is -0.120. The normalized spacial score (nSPS) is 12.6. The summed E-state index contributed by atoms with van der Waals surface area (Å²) in [4.78, 5) is 24.2. The summed E-state index contributed by atoms with van der Waals surface area (Å²) in [5.74, 6) is 0.851. The Bertz CT molecular complexity index is 838. The van der Waals surface area contributed by atoms with E-state index in [1.165, 1.54) is 0 Å². The number of rotatable bonds is 5. The summed E-state index contributed by atoms with van der Waals surface area (Å²) in [5, 5.41) is 5.42. The van der Waals surface area contributed by atoms with Gasteiger partial charge in [-0.2, -0.15) is 0 Å². The number of hydrogen-bond donors (Lipinski definition) is 2. The topological polar surface area (TPSA) is 76.7 Å². The third kappa shape index (κ3) is 4.78. The number of amides is 2. The van der Waals surface area contributed by atoms with Gasteiger partial charge in [-0.1, -0.05) is 39.0 Å². The Morgan fingerprint density at radius 3 is 2.37 bits per heavy atom. The molecular formula is C21H24N2O4. The van der Waals surface area contributed by atoms with E-state index in [2.05, 4.69) is 31.4 Å². The standard InChI is InChI=1S/C21H24N2O4/c1-21(2,3)16-7-5-15(6-8-16)20(25)23-12-19(24)22-11-14-4-9-17-18(10-14)27-13-26-17/h4-10H,11-13H2,1-3H3,(H,22,24)(H,23,25). The highest BCUT2D eigenvalue weighted by Crippen LogP contribution is 2.32. The van der Waals surface area contributed by atoms with Crippen LogP contribution < -0.4 is 20.1 Å². The molecule has 0 unspecified atom stereocenters. The monoisotopic (exact) mass is 368 g/mol. The van der Waals surface area contributed by atoms with Gasteiger partial charge in [0.2, 0.25) is 12.7 Å². The minimum absolute atomic E-state index is 0.0314. The van der Waals surface area contributed by atoms with E-state index >= 15 is 0 Å². The number of fused-ring (bicyclic) bond motifs is 1. The van der Waals surface area contributed by atoms with E-state index in [0.717, 1.165) is 11.1 Å². The Morgan fingerprint density at radius 2 is 1.67 bits per heavy atom. The van der Waals surface area contributed by atoms with Crippen LogP contribution in [0.4, 0.5) is 0 Å². The van der Waals surface area contributed by atoms with Gasteiger partial charge in [-0.3, -0.25) is 9.59 Å². The van der Waals surface area contributed by atoms with Gasteiger partial charge in [0.1, 0.15) is 0 Å². The molecule has 0 saturated heterocycles. The first-order valence-electron chi connectivity index (χ1n) is 8.87. The number of benzene rings is 2. The molecule has 2 N–H and O–H groups in total. The maximum absolute atomic E-state index is 12.2. The van der Waals surface area contributed by atoms with E-state index < -0.39 is 0 Å². The molecule has 0 atom stereocenters. The SMILES string of the molecule is CC(C)(C)c1ccc(C(=O)NCC(=O)NCc2ccc3c(c2)OCO3)cc1. The lowest BCUT2D eigenvalue weighted by Gasteiger charge is -2.19. The Morgan fingerprint density at radius 1 is 0.963 bits per heavy atom. The van der Waals surface area contributed by atoms with E-state index in [1.54, 1.807) is 12.1 Å². The summed E-state index contributed by atoms with van der Waals surface area (Å²) in [6.45, 7) is 6.84. The molecule has 0 aromatic heterocycles. The first-order chi connectivity index (χ1) is 12.8. The van der Waals surface area contributed by atoms with E-state index in [1.807, 2.05) is 30.3 Å². The smallest absolute Gasteiger partial charge is 0.251 e. The minimum Gasteiger partial charge on any atom is -0.454 e. The first kappa shape index (κ1) is 18.8. The molecule has 0 radical (unpaired) electrons. The maximum atomic E-state index is 12.2. The van der Waals surface area contributed by atoms with Crippen LogP contribution in [0.3, 0.4) is 0 Å². The van der Waals surface area contributed by atoms with Crippen molar-refractivity contribution in [2.24, 2.45) is 0 Å². The fourth-order valence-electron chi connectivity index (χ4n) is 2.70. The Hall–Kier alpha value is -3.02. The van der Waals surface area contributed by atoms with Gasteiger partial charge < -0.3 is 20.1 Å². The predicted octanol–water partition coefficient (Wildman–Crippen LogP) is 2.76. The van der Waals surface area contributed by atoms with Crippen molar-refractivity contribution in [2.45, 2.75) is 32.7 Å². The molecule has 3 rings (SSSR count). The molecule has 2 aromatic carbocycles. The summed E-state index contributed by atoms with van der Waals surface area (Å²) < 4.78 is 10.6. The Labute approximate surface area is 158 Å². The molecule has 6 nitrogen and oxygen atoms in total. The molecule has 0 fully saturated rings. The van der Waals surface area contributed by atoms with Crippen molar-refractivity contribution in [1.82, 2.24) is 10.6 Å². The number of carbonyl (C=O) groups is 2. The second kappa shape index (κ2) is 7.70. The van der Waals surface area contributed by atoms with Crippen LogP contribution in [-0.2, 0) is 16.8 Å². The zero-order valence-electron chi connectivity index (χ0n) is 15.8. The molecule has 0 saturated carbocycles. The van der Waals surface area contributed by atoms with Crippen LogP contribution in [-0.4, -0.2) is 25.2 Å². The largest absolute Gasteiger partial charge is 0.454 e. The molecule has 0 aliphatic carbocycles. The number of hydrogen-bond acceptors (Lipinski definition) is 4. The number of carbonyl (C=O) groups excluding carboxylic acids is 2. The molecule has 6 heteroatoms. The lowest BCUT2D eigenvalue weighted by Crippen LogP contribution is -2.36. The molecular weight excluding hydrogens is 344 g/mol. The highest BCUT2D eigenvalue weighted by Gasteiger charge is 2.15. The number of ether oxygens (including phenoxy) is 2. The van der Waals surface area contributed by atoms with E-state index in [4.69, 9.17) is 9.47 Å². The van der Waals surface area contributed by atoms with E-state index in [9.17, 15) is 9.59 Å². The van der Waals surface area contributed by atoms with Crippen LogP contribution in [0.25, 0.3) is 0 Å². The van der Waals surface area contributed by atoms with Crippen LogP contribution in [0.2, 0.25) is 0 Å². The van der Waals surface area contributed by atoms with Crippen molar-refractivity contribution in [3.8, 4) is 11.5 Å². The Kier molecular flexibility index (Phi) is 5.35. The van der Waals surface area contributed by atoms with Gasteiger partial charge in [-0.25, -0.2) is 0 Å². The van der Waals surface area contributed by atoms with Crippen LogP contribution in [0.5, 0.6) is 11.5 Å². The minimum atomic E-state index is -0.270. The molecule has 1 aliphatic rings. The maximum Gasteiger partial charge on any atom is 0.251 e. The highest BCUT2D eigenvalue weighted by atomic mass is 16.7. The van der Waals surface area contributed by atoms with Gasteiger partial charge in [-0.15, -0.1) is 0 Å². The van der Waals surface area contributed by atoms with Crippen molar-refractivity contribution in [1.29, 1.82) is 0 Å². The van der Waals surface area contributed by atoms with Crippen molar-refractivity contribution in [3.05, 3.63) is 59.2 Å². The predicted molar refractivity (Wildman–Crippen MR) is 102 cm³/mol. The average Bonchev–Trinajstić information content (AvgIpc) is 3.11. The number of nitrogens with one attached hydrogen (secondary N) is 2. The molecule has 2 amide bonds. The van der Waals surface area contributed by atoms with Crippen LogP contribution in [0.1, 0.15) is 42.3 Å². The van der Waals surface area contributed by atoms with Crippen LogP contribution >= 0.6 is 0 Å². The quantitative estimate of drug-likeness (QED) is 0.851. The summed E-state index contributed by atoms with van der Waals surface area (Å²) in [5.41, 5.74) is 2.62. The molecule has 0 spiro atoms. The van der Waals surface area contributed by atoms with Crippen molar-refractivity contribution in [3.63, 3.8) is 0 Å². The summed E-state index contributed by atoms with van der Waals surface area (Å²) in [7, 11) is 0. The summed E-state index contributed by atoms with van der Waals surface area (Å²) in [6, 6.07) is 12.9. The van der Waals surface area contributed by atoms with Crippen molar-refractivity contribution >= 4 is 11.8 Å². The van der Waals surface area contributed by atoms with Gasteiger partial charge in [0.25, 0.3) is 5.91 Å². The summed E-state index contributed by atoms with van der Waals surface area (Å²) >= 11 is 0. The molecule has 0 bridgehead atoms. The third-order valence-electron chi connectivity index (χ3n) is 4.35. The van der Waals surface area contributed by atoms with Gasteiger partial charge in [0, 0.05) is 12.1 Å². The molecule has 27 heavy (non-hydrogen) atoms. The van der Waals surface area contributed by atoms with Crippen LogP contribution in [0.15, 0.2) is 42.5 Å². The van der Waals surface area contributed by atoms with Gasteiger partial charge >= 0.3 is 0 Å². The van der Waals surface area contributed by atoms with Gasteiger partial charge in [0.05, 0.1) is 6.54 Å². The van der Waals surface area contributed by atoms with E-state index in [-0.39, 0.29) is 30.6 Å². The van der Waals surface area contributed by atoms with Gasteiger partial charge in [-0.05, 0) is 40.8 Å². The second-order valence-corrected chi connectivity index (χ2v) is 7.47. The molecule has 2 aromatic rings. The lowest BCUT2D eigenvalue weighted by atomic mass is 9.87. The molecule has 1 heterocycles. The molecule has 1 aliphatic heterocycles. The first-order valence-corrected chi connectivity index (χ1v) is 8.87. The van der Waals surface area contributed by atoms with Crippen molar-refractivity contribution in [2.75, 3.05) is 13.3 Å². The Balaban J connectivity index is 1.46. The van der Waals surface area contributed by atoms with E-state index in [0.29, 0.717) is 23.6 Å². The third-order valence-corrected chi connectivity index (χ3v) is 4.35. The molecule has 142 valence electrons. The zero-order valence-corrected chi connectivity index (χ0v) is 15.8. The fraction of sp³-hybridized carbons (Fsp3) is 0.333. The fourth-order valence-corrected chi connectivity index (χ4v) is 2.70. The van der Waals surface area contributed by atoms with Gasteiger partial charge in [0.15, 0.2) is 11.5 Å². The second-order valence-electron chi connectivity index (χ2n) is 7.47.